The SMILES string of the molecule is CCN1C(=NC(=O)COc2ccc(Cl)cc2)S[C@@H]2CS(=O)(=O)C[C@@H]21. The Labute approximate surface area is 150 Å². The number of amides is 1. The highest BCUT2D eigenvalue weighted by Gasteiger charge is 2.48. The summed E-state index contributed by atoms with van der Waals surface area (Å²) in [6, 6.07) is 6.64. The Balaban J connectivity index is 1.63. The number of benzene rings is 1. The van der Waals surface area contributed by atoms with Crippen LogP contribution in [0.25, 0.3) is 0 Å². The molecule has 0 spiro atoms. The average Bonchev–Trinajstić information content (AvgIpc) is 2.97. The van der Waals surface area contributed by atoms with Gasteiger partial charge in [-0.05, 0) is 31.2 Å². The Morgan fingerprint density at radius 2 is 2.08 bits per heavy atom. The maximum atomic E-state index is 12.1. The van der Waals surface area contributed by atoms with Crippen molar-refractivity contribution in [3.05, 3.63) is 29.3 Å². The number of hydrogen-bond acceptors (Lipinski definition) is 5. The third kappa shape index (κ3) is 3.87. The van der Waals surface area contributed by atoms with E-state index in [-0.39, 0.29) is 29.4 Å². The van der Waals surface area contributed by atoms with Gasteiger partial charge in [-0.1, -0.05) is 23.4 Å². The zero-order valence-corrected chi connectivity index (χ0v) is 15.4. The number of hydrogen-bond donors (Lipinski definition) is 0. The predicted molar refractivity (Wildman–Crippen MR) is 95.6 cm³/mol. The Bertz CT molecular complexity index is 764. The van der Waals surface area contributed by atoms with Crippen molar-refractivity contribution in [2.24, 2.45) is 4.99 Å². The average molecular weight is 389 g/mol. The molecule has 2 fully saturated rings. The monoisotopic (exact) mass is 388 g/mol. The quantitative estimate of drug-likeness (QED) is 0.783. The number of halogens is 1. The van der Waals surface area contributed by atoms with Gasteiger partial charge in [0.25, 0.3) is 5.91 Å². The number of fused-ring (bicyclic) bond motifs is 1. The topological polar surface area (TPSA) is 76.0 Å². The number of carbonyl (C=O) groups is 1. The van der Waals surface area contributed by atoms with Crippen molar-refractivity contribution >= 4 is 44.3 Å². The summed E-state index contributed by atoms with van der Waals surface area (Å²) in [6.07, 6.45) is 0. The lowest BCUT2D eigenvalue weighted by Crippen LogP contribution is -2.37. The van der Waals surface area contributed by atoms with Gasteiger partial charge in [0.2, 0.25) is 0 Å². The summed E-state index contributed by atoms with van der Waals surface area (Å²) < 4.78 is 28.9. The van der Waals surface area contributed by atoms with Crippen LogP contribution in [0.5, 0.6) is 5.75 Å². The van der Waals surface area contributed by atoms with Gasteiger partial charge in [0.1, 0.15) is 5.75 Å². The van der Waals surface area contributed by atoms with Crippen LogP contribution in [0.4, 0.5) is 0 Å². The van der Waals surface area contributed by atoms with Crippen molar-refractivity contribution in [1.82, 2.24) is 4.90 Å². The van der Waals surface area contributed by atoms with Crippen LogP contribution < -0.4 is 4.74 Å². The van der Waals surface area contributed by atoms with E-state index < -0.39 is 15.7 Å². The van der Waals surface area contributed by atoms with Gasteiger partial charge < -0.3 is 9.64 Å². The van der Waals surface area contributed by atoms with Crippen LogP contribution in [0.1, 0.15) is 6.92 Å². The number of carbonyl (C=O) groups excluding carboxylic acids is 1. The summed E-state index contributed by atoms with van der Waals surface area (Å²) in [5.74, 6) is 0.427. The second-order valence-corrected chi connectivity index (χ2v) is 9.41. The number of amidine groups is 1. The van der Waals surface area contributed by atoms with Crippen LogP contribution in [0.15, 0.2) is 29.3 Å². The fraction of sp³-hybridized carbons (Fsp3) is 0.467. The molecule has 24 heavy (non-hydrogen) atoms. The highest BCUT2D eigenvalue weighted by molar-refractivity contribution is 8.15. The first-order valence-corrected chi connectivity index (χ1v) is 10.6. The van der Waals surface area contributed by atoms with Gasteiger partial charge in [0.15, 0.2) is 21.6 Å². The molecular weight excluding hydrogens is 372 g/mol. The maximum absolute atomic E-state index is 12.1. The van der Waals surface area contributed by atoms with Crippen LogP contribution in [-0.2, 0) is 14.6 Å². The molecule has 0 bridgehead atoms. The molecule has 2 aliphatic rings. The summed E-state index contributed by atoms with van der Waals surface area (Å²) in [6.45, 7) is 2.38. The van der Waals surface area contributed by atoms with E-state index in [0.717, 1.165) is 0 Å². The number of thioether (sulfide) groups is 1. The van der Waals surface area contributed by atoms with E-state index in [1.807, 2.05) is 11.8 Å². The van der Waals surface area contributed by atoms with Crippen molar-refractivity contribution in [3.8, 4) is 5.75 Å². The number of aliphatic imine (C=N–C) groups is 1. The Morgan fingerprint density at radius 1 is 1.38 bits per heavy atom. The van der Waals surface area contributed by atoms with Gasteiger partial charge in [0, 0.05) is 16.8 Å². The number of rotatable bonds is 4. The minimum Gasteiger partial charge on any atom is -0.484 e. The molecule has 2 heterocycles. The lowest BCUT2D eigenvalue weighted by molar-refractivity contribution is -0.119. The summed E-state index contributed by atoms with van der Waals surface area (Å²) >= 11 is 7.16. The van der Waals surface area contributed by atoms with Gasteiger partial charge >= 0.3 is 0 Å². The molecule has 2 saturated heterocycles. The Hall–Kier alpha value is -1.25. The first-order valence-electron chi connectivity index (χ1n) is 7.51. The molecule has 0 N–H and O–H groups in total. The van der Waals surface area contributed by atoms with Crippen LogP contribution in [0.2, 0.25) is 5.02 Å². The molecule has 1 aromatic carbocycles. The maximum Gasteiger partial charge on any atom is 0.285 e. The largest absolute Gasteiger partial charge is 0.484 e. The first kappa shape index (κ1) is 17.6. The lowest BCUT2D eigenvalue weighted by Gasteiger charge is -2.22. The van der Waals surface area contributed by atoms with Crippen LogP contribution >= 0.6 is 23.4 Å². The van der Waals surface area contributed by atoms with E-state index in [9.17, 15) is 13.2 Å². The van der Waals surface area contributed by atoms with Gasteiger partial charge in [0.05, 0.1) is 17.5 Å². The fourth-order valence-electron chi connectivity index (χ4n) is 2.82. The third-order valence-corrected chi connectivity index (χ3v) is 7.41. The molecular formula is C15H17ClN2O4S2. The van der Waals surface area contributed by atoms with E-state index in [1.54, 1.807) is 24.3 Å². The minimum atomic E-state index is -2.99. The molecule has 130 valence electrons. The molecule has 0 unspecified atom stereocenters. The van der Waals surface area contributed by atoms with Crippen molar-refractivity contribution in [1.29, 1.82) is 0 Å². The van der Waals surface area contributed by atoms with Gasteiger partial charge in [-0.3, -0.25) is 4.79 Å². The number of nitrogens with zero attached hydrogens (tertiary/aromatic N) is 2. The van der Waals surface area contributed by atoms with Crippen LogP contribution in [0, 0.1) is 0 Å². The standard InChI is InChI=1S/C15H17ClN2O4S2/c1-2-18-12-8-24(20,21)9-13(12)23-15(18)17-14(19)7-22-11-5-3-10(16)4-6-11/h3-6,12-13H,2,7-9H2,1H3/t12-,13+/m0/s1. The Kier molecular flexibility index (Phi) is 5.08. The molecule has 6 nitrogen and oxygen atoms in total. The van der Waals surface area contributed by atoms with Crippen LogP contribution in [0.3, 0.4) is 0 Å². The zero-order valence-electron chi connectivity index (χ0n) is 13.0. The summed E-state index contributed by atoms with van der Waals surface area (Å²) in [4.78, 5) is 18.1. The summed E-state index contributed by atoms with van der Waals surface area (Å²) in [5.41, 5.74) is 0. The minimum absolute atomic E-state index is 0.0429. The third-order valence-electron chi connectivity index (χ3n) is 3.91. The zero-order chi connectivity index (χ0) is 17.3. The fourth-order valence-corrected chi connectivity index (χ4v) is 6.98. The van der Waals surface area contributed by atoms with E-state index in [0.29, 0.717) is 22.5 Å². The molecule has 2 atom stereocenters. The number of ether oxygens (including phenoxy) is 1. The normalized spacial score (nSPS) is 26.6. The van der Waals surface area contributed by atoms with Crippen molar-refractivity contribution in [2.75, 3.05) is 24.7 Å². The molecule has 1 amide bonds. The molecule has 2 aliphatic heterocycles. The predicted octanol–water partition coefficient (Wildman–Crippen LogP) is 1.84. The molecule has 0 saturated carbocycles. The van der Waals surface area contributed by atoms with Gasteiger partial charge in [-0.25, -0.2) is 8.42 Å². The highest BCUT2D eigenvalue weighted by atomic mass is 35.5. The molecule has 1 aromatic rings. The summed E-state index contributed by atoms with van der Waals surface area (Å²) in [5, 5.41) is 1.14. The smallest absolute Gasteiger partial charge is 0.285 e. The van der Waals surface area contributed by atoms with Gasteiger partial charge in [-0.2, -0.15) is 4.99 Å². The van der Waals surface area contributed by atoms with Crippen LogP contribution in [-0.4, -0.2) is 60.3 Å². The molecule has 0 radical (unpaired) electrons. The molecule has 9 heteroatoms. The lowest BCUT2D eigenvalue weighted by atomic mass is 10.2. The first-order chi connectivity index (χ1) is 11.4. The second kappa shape index (κ2) is 6.93. The van der Waals surface area contributed by atoms with E-state index >= 15 is 0 Å². The van der Waals surface area contributed by atoms with Crippen molar-refractivity contribution in [2.45, 2.75) is 18.2 Å². The van der Waals surface area contributed by atoms with E-state index in [4.69, 9.17) is 16.3 Å². The van der Waals surface area contributed by atoms with Crippen molar-refractivity contribution < 1.29 is 17.9 Å². The van der Waals surface area contributed by atoms with E-state index in [2.05, 4.69) is 4.99 Å². The molecule has 0 aromatic heterocycles. The molecule has 0 aliphatic carbocycles. The second-order valence-electron chi connectivity index (χ2n) is 5.62. The molecule has 3 rings (SSSR count). The van der Waals surface area contributed by atoms with Gasteiger partial charge in [-0.15, -0.1) is 0 Å². The number of sulfone groups is 1. The van der Waals surface area contributed by atoms with E-state index in [1.165, 1.54) is 11.8 Å². The van der Waals surface area contributed by atoms with Crippen molar-refractivity contribution in [3.63, 3.8) is 0 Å². The summed E-state index contributed by atoms with van der Waals surface area (Å²) in [7, 11) is -2.99. The highest BCUT2D eigenvalue weighted by Crippen LogP contribution is 2.37. The Morgan fingerprint density at radius 3 is 2.75 bits per heavy atom.